The molecule has 280 valence electrons. The van der Waals surface area contributed by atoms with Gasteiger partial charge in [0.15, 0.2) is 16.6 Å². The summed E-state index contributed by atoms with van der Waals surface area (Å²) in [5.74, 6) is -3.83. The van der Waals surface area contributed by atoms with Crippen LogP contribution in [0, 0.1) is 11.8 Å². The first-order valence-corrected chi connectivity index (χ1v) is 18.0. The van der Waals surface area contributed by atoms with E-state index in [9.17, 15) is 39.3 Å². The number of methoxy groups -OCH3 is 3. The van der Waals surface area contributed by atoms with E-state index in [4.69, 9.17) is 14.2 Å². The summed E-state index contributed by atoms with van der Waals surface area (Å²) in [6, 6.07) is 1.96. The third-order valence-corrected chi connectivity index (χ3v) is 11.9. The van der Waals surface area contributed by atoms with Gasteiger partial charge in [0.25, 0.3) is 0 Å². The summed E-state index contributed by atoms with van der Waals surface area (Å²) in [6.07, 6.45) is 4.32. The predicted molar refractivity (Wildman–Crippen MR) is 205 cm³/mol. The van der Waals surface area contributed by atoms with Crippen molar-refractivity contribution in [2.45, 2.75) is 70.4 Å². The van der Waals surface area contributed by atoms with Gasteiger partial charge in [0.2, 0.25) is 0 Å². The maximum absolute atomic E-state index is 14.5. The number of nitrogens with one attached hydrogen (secondary N) is 2. The molecule has 5 unspecified atom stereocenters. The summed E-state index contributed by atoms with van der Waals surface area (Å²) >= 11 is 0. The number of phenolic OH excluding ortho intramolecular Hbond substituents is 1. The lowest BCUT2D eigenvalue weighted by molar-refractivity contribution is -0.142. The van der Waals surface area contributed by atoms with Gasteiger partial charge in [-0.3, -0.25) is 24.0 Å². The summed E-state index contributed by atoms with van der Waals surface area (Å²) in [4.78, 5) is 66.4. The van der Waals surface area contributed by atoms with E-state index in [0.29, 0.717) is 93.2 Å². The molecular weight excluding hydrogens is 696 g/mol. The molecule has 54 heavy (non-hydrogen) atoms. The largest absolute Gasteiger partial charge is 0.505 e. The Morgan fingerprint density at radius 1 is 0.685 bits per heavy atom. The number of phenols is 1. The molecule has 0 aromatic heterocycles. The number of ketones is 1. The molecule has 0 amide bonds. The number of anilines is 2. The highest BCUT2D eigenvalue weighted by atomic mass is 16.5. The minimum atomic E-state index is -0.913. The molecule has 0 aliphatic heterocycles. The summed E-state index contributed by atoms with van der Waals surface area (Å²) < 4.78 is 18.0. The number of carbonyl (C=O) groups is 3. The van der Waals surface area contributed by atoms with Gasteiger partial charge in [-0.25, -0.2) is 0 Å². The average molecular weight is 737 g/mol. The van der Waals surface area contributed by atoms with E-state index in [1.165, 1.54) is 40.4 Å². The van der Waals surface area contributed by atoms with Crippen molar-refractivity contribution in [1.29, 1.82) is 0 Å². The van der Waals surface area contributed by atoms with Crippen molar-refractivity contribution in [3.05, 3.63) is 49.3 Å². The summed E-state index contributed by atoms with van der Waals surface area (Å²) in [5, 5.41) is 41.4. The van der Waals surface area contributed by atoms with Crippen LogP contribution in [0.3, 0.4) is 0 Å². The van der Waals surface area contributed by atoms with E-state index in [0.717, 1.165) is 0 Å². The van der Waals surface area contributed by atoms with Crippen LogP contribution < -0.4 is 35.7 Å². The monoisotopic (exact) mass is 736 g/mol. The zero-order valence-corrected chi connectivity index (χ0v) is 30.5. The highest BCUT2D eigenvalue weighted by Gasteiger charge is 2.39. The van der Waals surface area contributed by atoms with Gasteiger partial charge in [0.05, 0.1) is 61.2 Å². The number of hydrogen-bond acceptors (Lipinski definition) is 11. The second kappa shape index (κ2) is 12.6. The fourth-order valence-corrected chi connectivity index (χ4v) is 9.66. The summed E-state index contributed by atoms with van der Waals surface area (Å²) in [5.41, 5.74) is 1.08. The van der Waals surface area contributed by atoms with Gasteiger partial charge in [-0.05, 0) is 57.8 Å². The van der Waals surface area contributed by atoms with Gasteiger partial charge in [0, 0.05) is 62.3 Å². The van der Waals surface area contributed by atoms with E-state index < -0.39 is 40.5 Å². The molecule has 5 aromatic rings. The van der Waals surface area contributed by atoms with Crippen molar-refractivity contribution >= 4 is 78.3 Å². The maximum atomic E-state index is 14.5. The second-order valence-electron chi connectivity index (χ2n) is 14.9. The standard InChI is InChI=1S/C41H40N2O11/c1-15-10-21-27-32-29(38(47)36(21)42-19-8-6-17(11-19)40(48)49)23(46)14-25(53-4)30(32)31-24(52-3)13-22(45)28-34(31)33(27)35(26(15)16(2)44)39(54-5)37(28)43-20-9-7-18(12-20)41(50)51/h10,13-14,17-20,26,42-43,47H,6-9,11-12H2,1-5H3,(H,48,49)(H,50,51). The first-order chi connectivity index (χ1) is 25.8. The minimum Gasteiger partial charge on any atom is -0.505 e. The number of allylic oxidation sites excluding steroid dienone is 1. The third-order valence-electron chi connectivity index (χ3n) is 11.9. The number of benzene rings is 5. The molecule has 5 atom stereocenters. The van der Waals surface area contributed by atoms with Crippen LogP contribution in [0.5, 0.6) is 23.0 Å². The molecule has 5 aromatic carbocycles. The molecule has 0 radical (unpaired) electrons. The molecular formula is C41H40N2O11. The number of carbonyl (C=O) groups excluding carboxylic acids is 1. The first-order valence-electron chi connectivity index (χ1n) is 18.0. The van der Waals surface area contributed by atoms with Crippen LogP contribution in [0.1, 0.15) is 69.4 Å². The van der Waals surface area contributed by atoms with E-state index in [2.05, 4.69) is 10.6 Å². The Bertz CT molecular complexity index is 2620. The second-order valence-corrected chi connectivity index (χ2v) is 14.9. The van der Waals surface area contributed by atoms with E-state index in [1.54, 1.807) is 13.0 Å². The Morgan fingerprint density at radius 3 is 1.69 bits per heavy atom. The Kier molecular flexibility index (Phi) is 8.23. The van der Waals surface area contributed by atoms with E-state index in [-0.39, 0.29) is 57.3 Å². The summed E-state index contributed by atoms with van der Waals surface area (Å²) in [7, 11) is 4.30. The number of aromatic hydroxyl groups is 1. The van der Waals surface area contributed by atoms with Crippen LogP contribution in [0.4, 0.5) is 11.4 Å². The number of ether oxygens (including phenoxy) is 3. The lowest BCUT2D eigenvalue weighted by Crippen LogP contribution is -2.21. The van der Waals surface area contributed by atoms with Crippen molar-refractivity contribution in [1.82, 2.24) is 0 Å². The van der Waals surface area contributed by atoms with Gasteiger partial charge in [-0.1, -0.05) is 11.6 Å². The molecule has 0 bridgehead atoms. The van der Waals surface area contributed by atoms with Gasteiger partial charge < -0.3 is 40.2 Å². The molecule has 0 saturated heterocycles. The van der Waals surface area contributed by atoms with Gasteiger partial charge in [0.1, 0.15) is 23.0 Å². The topological polar surface area (TPSA) is 198 Å². The Balaban J connectivity index is 1.62. The van der Waals surface area contributed by atoms with Gasteiger partial charge in [-0.2, -0.15) is 0 Å². The molecule has 2 saturated carbocycles. The van der Waals surface area contributed by atoms with Crippen LogP contribution in [-0.2, 0) is 14.4 Å². The Hall–Kier alpha value is -5.85. The molecule has 2 fully saturated rings. The smallest absolute Gasteiger partial charge is 0.306 e. The summed E-state index contributed by atoms with van der Waals surface area (Å²) in [6.45, 7) is 3.26. The molecule has 3 aliphatic rings. The first kappa shape index (κ1) is 35.2. The number of fused-ring (bicyclic) bond motifs is 1. The van der Waals surface area contributed by atoms with Gasteiger partial charge >= 0.3 is 11.9 Å². The van der Waals surface area contributed by atoms with Crippen LogP contribution in [0.2, 0.25) is 0 Å². The van der Waals surface area contributed by atoms with Crippen molar-refractivity contribution in [3.63, 3.8) is 0 Å². The number of aliphatic carboxylic acids is 2. The van der Waals surface area contributed by atoms with Crippen LogP contribution in [0.25, 0.3) is 49.2 Å². The quantitative estimate of drug-likeness (QED) is 0.0632. The molecule has 5 N–H and O–H groups in total. The zero-order chi connectivity index (χ0) is 38.5. The molecule has 13 nitrogen and oxygen atoms in total. The fraction of sp³-hybridized carbons (Fsp3) is 0.390. The molecule has 8 rings (SSSR count). The third kappa shape index (κ3) is 4.93. The maximum Gasteiger partial charge on any atom is 0.306 e. The predicted octanol–water partition coefficient (Wildman–Crippen LogP) is 6.05. The van der Waals surface area contributed by atoms with Crippen molar-refractivity contribution in [3.8, 4) is 23.0 Å². The SMILES string of the molecule is COc1c(NC2CCC(C(=O)O)C2)c2c(=O)cc(OC)c3c4c(OC)cc(=O)c5c(O)c(NC6CCC(C(=O)O)C6)c6c(c(c1C(C(C)=O)C(C)=C6)c23)c54. The van der Waals surface area contributed by atoms with E-state index in [1.807, 2.05) is 0 Å². The minimum absolute atomic E-state index is 0.0167. The number of carboxylic acid groups (broad SMARTS) is 2. The average Bonchev–Trinajstić information content (AvgIpc) is 3.78. The lowest BCUT2D eigenvalue weighted by Gasteiger charge is -2.28. The van der Waals surface area contributed by atoms with Crippen LogP contribution >= 0.6 is 0 Å². The highest BCUT2D eigenvalue weighted by Crippen LogP contribution is 2.58. The van der Waals surface area contributed by atoms with E-state index >= 15 is 0 Å². The molecule has 13 heteroatoms. The zero-order valence-electron chi connectivity index (χ0n) is 30.5. The Labute approximate surface area is 308 Å². The highest BCUT2D eigenvalue weighted by molar-refractivity contribution is 6.40. The van der Waals surface area contributed by atoms with Crippen molar-refractivity contribution in [2.75, 3.05) is 32.0 Å². The molecule has 3 aliphatic carbocycles. The number of rotatable bonds is 10. The van der Waals surface area contributed by atoms with Crippen LogP contribution in [0.15, 0.2) is 27.3 Å². The van der Waals surface area contributed by atoms with Crippen molar-refractivity contribution < 1.29 is 43.9 Å². The normalized spacial score (nSPS) is 22.2. The number of carboxylic acids is 2. The van der Waals surface area contributed by atoms with Crippen LogP contribution in [-0.4, -0.2) is 66.5 Å². The number of Topliss-reactive ketones (excluding diaryl/α,β-unsaturated/α-hetero) is 1. The van der Waals surface area contributed by atoms with Gasteiger partial charge in [-0.15, -0.1) is 0 Å². The van der Waals surface area contributed by atoms with Crippen molar-refractivity contribution in [2.24, 2.45) is 11.8 Å². The molecule has 0 heterocycles. The number of hydrogen-bond donors (Lipinski definition) is 5. The Morgan fingerprint density at radius 2 is 1.20 bits per heavy atom. The fourth-order valence-electron chi connectivity index (χ4n) is 9.66. The lowest BCUT2D eigenvalue weighted by atomic mass is 9.80. The molecule has 0 spiro atoms.